The number of hydrogen-bond acceptors (Lipinski definition) is 4. The average Bonchev–Trinajstić information content (AvgIpc) is 2.84. The fourth-order valence-corrected chi connectivity index (χ4v) is 3.40. The number of thiazole rings is 1. The normalized spacial score (nSPS) is 16.8. The van der Waals surface area contributed by atoms with Crippen molar-refractivity contribution in [3.8, 4) is 0 Å². The van der Waals surface area contributed by atoms with Gasteiger partial charge in [0.25, 0.3) is 5.91 Å². The molecule has 1 aliphatic carbocycles. The monoisotopic (exact) mass is 309 g/mol. The van der Waals surface area contributed by atoms with Gasteiger partial charge in [-0.15, -0.1) is 11.3 Å². The van der Waals surface area contributed by atoms with Crippen LogP contribution in [0.4, 0.5) is 5.13 Å². The van der Waals surface area contributed by atoms with Gasteiger partial charge in [0.2, 0.25) is 5.91 Å². The van der Waals surface area contributed by atoms with E-state index in [4.69, 9.17) is 0 Å². The van der Waals surface area contributed by atoms with Crippen LogP contribution in [0.25, 0.3) is 0 Å². The Bertz CT molecular complexity index is 479. The van der Waals surface area contributed by atoms with Crippen molar-refractivity contribution >= 4 is 28.3 Å². The minimum atomic E-state index is -0.175. The number of carbonyl (C=O) groups excluding carboxylic acids is 2. The summed E-state index contributed by atoms with van der Waals surface area (Å²) in [5.41, 5.74) is 0.384. The van der Waals surface area contributed by atoms with Crippen molar-refractivity contribution in [3.05, 3.63) is 11.1 Å². The largest absolute Gasteiger partial charge is 0.350 e. The molecule has 0 saturated heterocycles. The number of nitrogens with one attached hydrogen (secondary N) is 2. The van der Waals surface area contributed by atoms with E-state index in [9.17, 15) is 9.59 Å². The molecule has 21 heavy (non-hydrogen) atoms. The molecule has 1 fully saturated rings. The first-order chi connectivity index (χ1) is 10.1. The highest BCUT2D eigenvalue weighted by atomic mass is 32.1. The number of anilines is 1. The molecule has 0 atom stereocenters. The first-order valence-corrected chi connectivity index (χ1v) is 8.54. The molecule has 0 aliphatic heterocycles. The van der Waals surface area contributed by atoms with E-state index in [1.807, 2.05) is 0 Å². The second kappa shape index (κ2) is 8.12. The van der Waals surface area contributed by atoms with E-state index in [2.05, 4.69) is 15.6 Å². The van der Waals surface area contributed by atoms with Crippen LogP contribution in [-0.2, 0) is 4.79 Å². The van der Waals surface area contributed by atoms with Crippen LogP contribution >= 0.6 is 11.3 Å². The number of aromatic nitrogens is 1. The third kappa shape index (κ3) is 5.46. The van der Waals surface area contributed by atoms with Gasteiger partial charge in [-0.3, -0.25) is 9.59 Å². The molecule has 0 unspecified atom stereocenters. The lowest BCUT2D eigenvalue weighted by Gasteiger charge is -2.19. The molecule has 0 aromatic carbocycles. The van der Waals surface area contributed by atoms with E-state index in [1.165, 1.54) is 63.2 Å². The number of rotatable bonds is 4. The van der Waals surface area contributed by atoms with Gasteiger partial charge in [0.05, 0.1) is 0 Å². The van der Waals surface area contributed by atoms with Gasteiger partial charge < -0.3 is 10.6 Å². The first kappa shape index (κ1) is 15.9. The number of carbonyl (C=O) groups is 2. The van der Waals surface area contributed by atoms with Crippen LogP contribution in [-0.4, -0.2) is 23.3 Å². The van der Waals surface area contributed by atoms with Crippen molar-refractivity contribution in [1.82, 2.24) is 10.3 Å². The summed E-state index contributed by atoms with van der Waals surface area (Å²) in [6.07, 6.45) is 8.92. The van der Waals surface area contributed by atoms with Gasteiger partial charge in [-0.1, -0.05) is 32.1 Å². The number of nitrogens with zero attached hydrogens (tertiary/aromatic N) is 1. The van der Waals surface area contributed by atoms with E-state index >= 15 is 0 Å². The van der Waals surface area contributed by atoms with Crippen LogP contribution in [0.15, 0.2) is 5.38 Å². The summed E-state index contributed by atoms with van der Waals surface area (Å²) in [4.78, 5) is 27.1. The molecule has 116 valence electrons. The zero-order valence-corrected chi connectivity index (χ0v) is 13.3. The summed E-state index contributed by atoms with van der Waals surface area (Å²) in [5.74, 6) is 0.262. The fraction of sp³-hybridized carbons (Fsp3) is 0.667. The molecule has 2 amide bonds. The first-order valence-electron chi connectivity index (χ1n) is 7.66. The van der Waals surface area contributed by atoms with Crippen molar-refractivity contribution < 1.29 is 9.59 Å². The molecule has 1 saturated carbocycles. The quantitative estimate of drug-likeness (QED) is 0.897. The van der Waals surface area contributed by atoms with Crippen LogP contribution in [0.1, 0.15) is 62.4 Å². The van der Waals surface area contributed by atoms with E-state index in [0.29, 0.717) is 16.7 Å². The molecular formula is C15H23N3O2S. The second-order valence-corrected chi connectivity index (χ2v) is 6.50. The minimum Gasteiger partial charge on any atom is -0.350 e. The van der Waals surface area contributed by atoms with E-state index in [0.717, 1.165) is 6.54 Å². The van der Waals surface area contributed by atoms with Gasteiger partial charge in [-0.25, -0.2) is 4.98 Å². The molecule has 6 heteroatoms. The Labute approximate surface area is 129 Å². The number of hydrogen-bond donors (Lipinski definition) is 2. The van der Waals surface area contributed by atoms with Crippen molar-refractivity contribution in [2.45, 2.75) is 51.9 Å². The van der Waals surface area contributed by atoms with Gasteiger partial charge in [0, 0.05) is 18.8 Å². The molecule has 1 heterocycles. The lowest BCUT2D eigenvalue weighted by Crippen LogP contribution is -2.30. The Morgan fingerprint density at radius 1 is 1.24 bits per heavy atom. The molecule has 1 aromatic heterocycles. The summed E-state index contributed by atoms with van der Waals surface area (Å²) >= 11 is 1.27. The van der Waals surface area contributed by atoms with Crippen LogP contribution in [0, 0.1) is 5.92 Å². The highest BCUT2D eigenvalue weighted by molar-refractivity contribution is 7.14. The Morgan fingerprint density at radius 3 is 2.57 bits per heavy atom. The van der Waals surface area contributed by atoms with Gasteiger partial charge in [-0.2, -0.15) is 0 Å². The highest BCUT2D eigenvalue weighted by Gasteiger charge is 2.15. The Kier molecular flexibility index (Phi) is 6.17. The minimum absolute atomic E-state index is 0.148. The SMILES string of the molecule is CC(=O)Nc1nc(C(=O)NCC2CCCCCCC2)cs1. The standard InChI is InChI=1S/C15H23N3O2S/c1-11(19)17-15-18-13(10-21-15)14(20)16-9-12-7-5-3-2-4-6-8-12/h10,12H,2-9H2,1H3,(H,16,20)(H,17,18,19). The molecule has 2 N–H and O–H groups in total. The van der Waals surface area contributed by atoms with Gasteiger partial charge in [0.1, 0.15) is 5.69 Å². The molecule has 1 aromatic rings. The summed E-state index contributed by atoms with van der Waals surface area (Å²) in [6, 6.07) is 0. The summed E-state index contributed by atoms with van der Waals surface area (Å²) in [7, 11) is 0. The average molecular weight is 309 g/mol. The van der Waals surface area contributed by atoms with Crippen molar-refractivity contribution in [3.63, 3.8) is 0 Å². The van der Waals surface area contributed by atoms with Crippen molar-refractivity contribution in [1.29, 1.82) is 0 Å². The van der Waals surface area contributed by atoms with E-state index in [1.54, 1.807) is 5.38 Å². The lowest BCUT2D eigenvalue weighted by molar-refractivity contribution is -0.114. The Hall–Kier alpha value is -1.43. The molecule has 1 aliphatic rings. The second-order valence-electron chi connectivity index (χ2n) is 5.64. The molecule has 0 bridgehead atoms. The van der Waals surface area contributed by atoms with Crippen LogP contribution < -0.4 is 10.6 Å². The van der Waals surface area contributed by atoms with Gasteiger partial charge >= 0.3 is 0 Å². The molecule has 0 spiro atoms. The summed E-state index contributed by atoms with van der Waals surface area (Å²) in [6.45, 7) is 2.15. The molecular weight excluding hydrogens is 286 g/mol. The van der Waals surface area contributed by atoms with Crippen LogP contribution in [0.2, 0.25) is 0 Å². The Balaban J connectivity index is 1.80. The lowest BCUT2D eigenvalue weighted by atomic mass is 9.91. The zero-order valence-electron chi connectivity index (χ0n) is 12.5. The van der Waals surface area contributed by atoms with Crippen molar-refractivity contribution in [2.75, 3.05) is 11.9 Å². The number of amides is 2. The maximum absolute atomic E-state index is 12.1. The maximum atomic E-state index is 12.1. The van der Waals surface area contributed by atoms with Gasteiger partial charge in [0.15, 0.2) is 5.13 Å². The van der Waals surface area contributed by atoms with Gasteiger partial charge in [-0.05, 0) is 18.8 Å². The fourth-order valence-electron chi connectivity index (χ4n) is 2.66. The maximum Gasteiger partial charge on any atom is 0.270 e. The predicted octanol–water partition coefficient (Wildman–Crippen LogP) is 3.19. The summed E-state index contributed by atoms with van der Waals surface area (Å²) < 4.78 is 0. The third-order valence-electron chi connectivity index (χ3n) is 3.80. The molecule has 0 radical (unpaired) electrons. The summed E-state index contributed by atoms with van der Waals surface area (Å²) in [5, 5.41) is 7.72. The Morgan fingerprint density at radius 2 is 1.90 bits per heavy atom. The zero-order chi connectivity index (χ0) is 15.1. The van der Waals surface area contributed by atoms with Crippen molar-refractivity contribution in [2.24, 2.45) is 5.92 Å². The predicted molar refractivity (Wildman–Crippen MR) is 84.6 cm³/mol. The van der Waals surface area contributed by atoms with Crippen LogP contribution in [0.3, 0.4) is 0 Å². The van der Waals surface area contributed by atoms with E-state index < -0.39 is 0 Å². The highest BCUT2D eigenvalue weighted by Crippen LogP contribution is 2.22. The smallest absolute Gasteiger partial charge is 0.270 e. The third-order valence-corrected chi connectivity index (χ3v) is 4.55. The van der Waals surface area contributed by atoms with E-state index in [-0.39, 0.29) is 11.8 Å². The molecule has 5 nitrogen and oxygen atoms in total. The molecule has 2 rings (SSSR count). The van der Waals surface area contributed by atoms with Crippen LogP contribution in [0.5, 0.6) is 0 Å². The topological polar surface area (TPSA) is 71.1 Å².